The number of nitrogens with zero attached hydrogens (tertiary/aromatic N) is 2. The number of nitrogens with one attached hydrogen (secondary N) is 1. The highest BCUT2D eigenvalue weighted by Gasteiger charge is 2.20. The van der Waals surface area contributed by atoms with Crippen molar-refractivity contribution in [2.75, 3.05) is 0 Å². The van der Waals surface area contributed by atoms with Gasteiger partial charge in [-0.05, 0) is 19.8 Å². The van der Waals surface area contributed by atoms with Crippen LogP contribution in [0.25, 0.3) is 0 Å². The van der Waals surface area contributed by atoms with E-state index in [1.165, 1.54) is 42.4 Å². The number of hydrogen-bond acceptors (Lipinski definition) is 5. The molecule has 1 aromatic rings. The van der Waals surface area contributed by atoms with E-state index in [2.05, 4.69) is 15.5 Å². The number of hydrogen-bond donors (Lipinski definition) is 1. The molecule has 17 heavy (non-hydrogen) atoms. The Morgan fingerprint density at radius 1 is 1.53 bits per heavy atom. The molecule has 0 bridgehead atoms. The zero-order valence-corrected chi connectivity index (χ0v) is 11.5. The minimum Gasteiger partial charge on any atom is -0.352 e. The number of amides is 1. The van der Waals surface area contributed by atoms with Gasteiger partial charge in [-0.1, -0.05) is 42.4 Å². The second kappa shape index (κ2) is 6.35. The summed E-state index contributed by atoms with van der Waals surface area (Å²) in [6.07, 6.45) is 6.04. The fraction of sp³-hybridized carbons (Fsp3) is 0.727. The van der Waals surface area contributed by atoms with Crippen LogP contribution in [0, 0.1) is 0 Å². The number of carbonyl (C=O) groups is 1. The van der Waals surface area contributed by atoms with Gasteiger partial charge >= 0.3 is 0 Å². The Hall–Kier alpha value is -0.620. The molecule has 0 aliphatic heterocycles. The van der Waals surface area contributed by atoms with Crippen LogP contribution in [-0.2, 0) is 4.79 Å². The van der Waals surface area contributed by atoms with Crippen molar-refractivity contribution in [1.29, 1.82) is 0 Å². The normalized spacial score (nSPS) is 18.9. The predicted molar refractivity (Wildman–Crippen MR) is 70.2 cm³/mol. The molecular formula is C11H17N3OS2. The standard InChI is InChI=1S/C11H17N3OS2/c1-8(17-11-14-12-7-16-11)10(15)13-9-5-3-2-4-6-9/h7-9H,2-6H2,1H3,(H,13,15). The monoisotopic (exact) mass is 271 g/mol. The summed E-state index contributed by atoms with van der Waals surface area (Å²) in [5, 5.41) is 10.7. The largest absolute Gasteiger partial charge is 0.352 e. The smallest absolute Gasteiger partial charge is 0.233 e. The Morgan fingerprint density at radius 3 is 2.94 bits per heavy atom. The molecular weight excluding hydrogens is 254 g/mol. The molecule has 1 aromatic heterocycles. The van der Waals surface area contributed by atoms with Gasteiger partial charge in [-0.2, -0.15) is 0 Å². The lowest BCUT2D eigenvalue weighted by atomic mass is 9.95. The third-order valence-electron chi connectivity index (χ3n) is 2.94. The van der Waals surface area contributed by atoms with Crippen LogP contribution in [0.4, 0.5) is 0 Å². The van der Waals surface area contributed by atoms with Gasteiger partial charge in [-0.15, -0.1) is 10.2 Å². The molecule has 1 unspecified atom stereocenters. The Bertz CT molecular complexity index is 350. The molecule has 94 valence electrons. The molecule has 1 atom stereocenters. The van der Waals surface area contributed by atoms with Gasteiger partial charge in [0.15, 0.2) is 4.34 Å². The van der Waals surface area contributed by atoms with E-state index in [9.17, 15) is 4.79 Å². The summed E-state index contributed by atoms with van der Waals surface area (Å²) >= 11 is 2.96. The number of aromatic nitrogens is 2. The van der Waals surface area contributed by atoms with E-state index in [-0.39, 0.29) is 11.2 Å². The molecule has 6 heteroatoms. The van der Waals surface area contributed by atoms with E-state index in [0.717, 1.165) is 17.2 Å². The van der Waals surface area contributed by atoms with Crippen molar-refractivity contribution in [3.05, 3.63) is 5.51 Å². The third-order valence-corrected chi connectivity index (χ3v) is 4.85. The molecule has 0 aromatic carbocycles. The summed E-state index contributed by atoms with van der Waals surface area (Å²) in [6.45, 7) is 1.92. The Kier molecular flexibility index (Phi) is 4.79. The molecule has 4 nitrogen and oxygen atoms in total. The van der Waals surface area contributed by atoms with Crippen molar-refractivity contribution in [2.24, 2.45) is 0 Å². The molecule has 2 rings (SSSR count). The first-order valence-electron chi connectivity index (χ1n) is 5.99. The highest BCUT2D eigenvalue weighted by atomic mass is 32.2. The zero-order chi connectivity index (χ0) is 12.1. The highest BCUT2D eigenvalue weighted by Crippen LogP contribution is 2.25. The summed E-state index contributed by atoms with van der Waals surface area (Å²) < 4.78 is 0.858. The summed E-state index contributed by atoms with van der Waals surface area (Å²) in [7, 11) is 0. The number of thioether (sulfide) groups is 1. The van der Waals surface area contributed by atoms with Gasteiger partial charge in [0.2, 0.25) is 5.91 Å². The van der Waals surface area contributed by atoms with Crippen LogP contribution < -0.4 is 5.32 Å². The predicted octanol–water partition coefficient (Wildman–Crippen LogP) is 2.47. The van der Waals surface area contributed by atoms with Crippen molar-refractivity contribution in [2.45, 2.75) is 54.7 Å². The van der Waals surface area contributed by atoms with E-state index in [1.54, 1.807) is 5.51 Å². The zero-order valence-electron chi connectivity index (χ0n) is 9.89. The van der Waals surface area contributed by atoms with E-state index in [1.807, 2.05) is 6.92 Å². The van der Waals surface area contributed by atoms with Crippen molar-refractivity contribution < 1.29 is 4.79 Å². The van der Waals surface area contributed by atoms with Gasteiger partial charge in [0, 0.05) is 6.04 Å². The molecule has 1 N–H and O–H groups in total. The summed E-state index contributed by atoms with van der Waals surface area (Å²) in [5.41, 5.74) is 1.69. The average molecular weight is 271 g/mol. The van der Waals surface area contributed by atoms with Gasteiger partial charge in [0.25, 0.3) is 0 Å². The van der Waals surface area contributed by atoms with Crippen LogP contribution in [0.15, 0.2) is 9.85 Å². The van der Waals surface area contributed by atoms with E-state index < -0.39 is 0 Å². The second-order valence-electron chi connectivity index (χ2n) is 4.31. The molecule has 0 spiro atoms. The molecule has 1 aliphatic rings. The van der Waals surface area contributed by atoms with Crippen molar-refractivity contribution in [3.63, 3.8) is 0 Å². The molecule has 1 amide bonds. The van der Waals surface area contributed by atoms with Crippen molar-refractivity contribution in [1.82, 2.24) is 15.5 Å². The van der Waals surface area contributed by atoms with E-state index >= 15 is 0 Å². The van der Waals surface area contributed by atoms with Gasteiger partial charge in [0.05, 0.1) is 5.25 Å². The Labute approximate surface area is 110 Å². The fourth-order valence-electron chi connectivity index (χ4n) is 1.98. The molecule has 1 saturated carbocycles. The van der Waals surface area contributed by atoms with Crippen molar-refractivity contribution in [3.8, 4) is 0 Å². The number of rotatable bonds is 4. The molecule has 0 radical (unpaired) electrons. The van der Waals surface area contributed by atoms with E-state index in [4.69, 9.17) is 0 Å². The van der Waals surface area contributed by atoms with Gasteiger partial charge < -0.3 is 5.32 Å². The SMILES string of the molecule is CC(Sc1nncs1)C(=O)NC1CCCCC1. The lowest BCUT2D eigenvalue weighted by Crippen LogP contribution is -2.40. The Balaban J connectivity index is 1.78. The van der Waals surface area contributed by atoms with Crippen LogP contribution in [-0.4, -0.2) is 27.4 Å². The van der Waals surface area contributed by atoms with Gasteiger partial charge in [-0.25, -0.2) is 0 Å². The van der Waals surface area contributed by atoms with Crippen LogP contribution in [0.3, 0.4) is 0 Å². The fourth-order valence-corrected chi connectivity index (χ4v) is 3.62. The van der Waals surface area contributed by atoms with Crippen molar-refractivity contribution >= 4 is 29.0 Å². The highest BCUT2D eigenvalue weighted by molar-refractivity contribution is 8.02. The maximum Gasteiger partial charge on any atom is 0.233 e. The topological polar surface area (TPSA) is 54.9 Å². The van der Waals surface area contributed by atoms with Gasteiger partial charge in [-0.3, -0.25) is 4.79 Å². The summed E-state index contributed by atoms with van der Waals surface area (Å²) in [4.78, 5) is 12.0. The van der Waals surface area contributed by atoms with Crippen LogP contribution in [0.5, 0.6) is 0 Å². The Morgan fingerprint density at radius 2 is 2.29 bits per heavy atom. The lowest BCUT2D eigenvalue weighted by Gasteiger charge is -2.24. The molecule has 1 heterocycles. The third kappa shape index (κ3) is 3.96. The number of carbonyl (C=O) groups excluding carboxylic acids is 1. The van der Waals surface area contributed by atoms with Gasteiger partial charge in [0.1, 0.15) is 5.51 Å². The minimum absolute atomic E-state index is 0.0927. The van der Waals surface area contributed by atoms with E-state index in [0.29, 0.717) is 6.04 Å². The first kappa shape index (κ1) is 12.8. The first-order valence-corrected chi connectivity index (χ1v) is 7.75. The molecule has 1 aliphatic carbocycles. The summed E-state index contributed by atoms with van der Waals surface area (Å²) in [5.74, 6) is 0.122. The quantitative estimate of drug-likeness (QED) is 0.855. The van der Waals surface area contributed by atoms with Crippen LogP contribution in [0.2, 0.25) is 0 Å². The molecule has 1 fully saturated rings. The second-order valence-corrected chi connectivity index (χ2v) is 6.73. The van der Waals surface area contributed by atoms with Crippen LogP contribution in [0.1, 0.15) is 39.0 Å². The first-order chi connectivity index (χ1) is 8.25. The summed E-state index contributed by atoms with van der Waals surface area (Å²) in [6, 6.07) is 0.383. The lowest BCUT2D eigenvalue weighted by molar-refractivity contribution is -0.121. The minimum atomic E-state index is -0.0927. The van der Waals surface area contributed by atoms with Crippen LogP contribution >= 0.6 is 23.1 Å². The average Bonchev–Trinajstić information content (AvgIpc) is 2.83. The molecule has 0 saturated heterocycles. The maximum atomic E-state index is 12.0. The maximum absolute atomic E-state index is 12.0.